The summed E-state index contributed by atoms with van der Waals surface area (Å²) in [4.78, 5) is 15.3. The molecule has 0 aliphatic heterocycles. The van der Waals surface area contributed by atoms with Crippen molar-refractivity contribution in [3.05, 3.63) is 119 Å². The monoisotopic (exact) mass is 409 g/mol. The van der Waals surface area contributed by atoms with Crippen LogP contribution < -0.4 is 0 Å². The molecule has 31 heavy (non-hydrogen) atoms. The van der Waals surface area contributed by atoms with Gasteiger partial charge in [-0.25, -0.2) is 4.98 Å². The number of nitrogens with zero attached hydrogens (tertiary/aromatic N) is 1. The molecule has 4 aromatic rings. The average molecular weight is 410 g/mol. The van der Waals surface area contributed by atoms with Gasteiger partial charge in [0.2, 0.25) is 0 Å². The normalized spacial score (nSPS) is 9.71. The quantitative estimate of drug-likeness (QED) is 0.317. The van der Waals surface area contributed by atoms with Gasteiger partial charge in [-0.15, -0.1) is 0 Å². The van der Waals surface area contributed by atoms with E-state index in [1.165, 1.54) is 29.2 Å². The van der Waals surface area contributed by atoms with Crippen LogP contribution in [0.5, 0.6) is 0 Å². The van der Waals surface area contributed by atoms with Gasteiger partial charge < -0.3 is 0 Å². The molecule has 0 saturated heterocycles. The Morgan fingerprint density at radius 3 is 1.68 bits per heavy atom. The van der Waals surface area contributed by atoms with Gasteiger partial charge in [-0.1, -0.05) is 84.9 Å². The number of carbonyl (C=O) groups is 1. The van der Waals surface area contributed by atoms with E-state index in [1.807, 2.05) is 49.4 Å². The maximum absolute atomic E-state index is 11.0. The van der Waals surface area contributed by atoms with Crippen LogP contribution in [-0.4, -0.2) is 10.8 Å². The second-order valence-electron chi connectivity index (χ2n) is 7.62. The van der Waals surface area contributed by atoms with Crippen molar-refractivity contribution in [3.63, 3.8) is 0 Å². The maximum atomic E-state index is 11.0. The number of hydrogen-bond donors (Lipinski definition) is 0. The first-order valence-electron chi connectivity index (χ1n) is 10.4. The summed E-state index contributed by atoms with van der Waals surface area (Å²) in [6, 6.07) is 28.1. The number of pyridine rings is 1. The fraction of sp³-hybridized carbons (Fsp3) is 0.172. The molecule has 158 valence electrons. The molecule has 0 atom stereocenters. The van der Waals surface area contributed by atoms with Crippen LogP contribution in [0.2, 0.25) is 0 Å². The molecule has 0 amide bonds. The second kappa shape index (κ2) is 11.6. The first-order chi connectivity index (χ1) is 14.8. The lowest BCUT2D eigenvalue weighted by Crippen LogP contribution is -1.95. The van der Waals surface area contributed by atoms with Crippen LogP contribution in [0.3, 0.4) is 0 Å². The Labute approximate surface area is 186 Å². The molecule has 0 fully saturated rings. The predicted molar refractivity (Wildman–Crippen MR) is 134 cm³/mol. The lowest BCUT2D eigenvalue weighted by atomic mass is 10.0. The highest BCUT2D eigenvalue weighted by molar-refractivity contribution is 5.94. The Balaban J connectivity index is 0.000000171. The Kier molecular flexibility index (Phi) is 8.90. The van der Waals surface area contributed by atoms with E-state index in [0.717, 1.165) is 16.5 Å². The molecule has 0 bridgehead atoms. The van der Waals surface area contributed by atoms with Crippen LogP contribution in [0.25, 0.3) is 16.5 Å². The van der Waals surface area contributed by atoms with Crippen LogP contribution in [0.4, 0.5) is 0 Å². The lowest BCUT2D eigenvalue weighted by Gasteiger charge is -2.02. The minimum Gasteiger partial charge on any atom is -0.293 e. The lowest BCUT2D eigenvalue weighted by molar-refractivity contribution is 0.101. The molecule has 2 nitrogen and oxygen atoms in total. The average Bonchev–Trinajstić information content (AvgIpc) is 2.76. The van der Waals surface area contributed by atoms with E-state index in [1.54, 1.807) is 6.07 Å². The number of ketones is 1. The van der Waals surface area contributed by atoms with Gasteiger partial charge in [0, 0.05) is 12.3 Å². The zero-order chi connectivity index (χ0) is 22.8. The highest BCUT2D eigenvalue weighted by atomic mass is 16.1. The van der Waals surface area contributed by atoms with Gasteiger partial charge in [0.25, 0.3) is 0 Å². The van der Waals surface area contributed by atoms with Crippen LogP contribution >= 0.6 is 0 Å². The third-order valence-corrected chi connectivity index (χ3v) is 4.99. The third kappa shape index (κ3) is 7.35. The third-order valence-electron chi connectivity index (χ3n) is 4.99. The Morgan fingerprint density at radius 2 is 1.19 bits per heavy atom. The number of carbonyl (C=O) groups excluding carboxylic acids is 1. The van der Waals surface area contributed by atoms with E-state index in [4.69, 9.17) is 0 Å². The van der Waals surface area contributed by atoms with Crippen LogP contribution in [-0.2, 0) is 0 Å². The number of rotatable bonds is 2. The zero-order valence-electron chi connectivity index (χ0n) is 19.1. The number of para-hydroxylation sites is 1. The van der Waals surface area contributed by atoms with Crippen molar-refractivity contribution in [2.75, 3.05) is 0 Å². The van der Waals surface area contributed by atoms with Crippen molar-refractivity contribution >= 4 is 22.3 Å². The number of aryl methyl sites for hydroxylation is 3. The molecule has 3 aromatic carbocycles. The maximum Gasteiger partial charge on any atom is 0.178 e. The van der Waals surface area contributed by atoms with Gasteiger partial charge in [0.15, 0.2) is 5.78 Å². The molecule has 0 aliphatic rings. The fourth-order valence-corrected chi connectivity index (χ4v) is 2.98. The molecule has 0 saturated carbocycles. The van der Waals surface area contributed by atoms with Crippen LogP contribution in [0.15, 0.2) is 91.5 Å². The summed E-state index contributed by atoms with van der Waals surface area (Å²) in [5, 5.41) is 1.06. The number of aromatic nitrogens is 1. The molecule has 2 heteroatoms. The summed E-state index contributed by atoms with van der Waals surface area (Å²) >= 11 is 0. The number of Topliss-reactive ketones (excluding diaryl/α,β-unsaturated/α-hetero) is 1. The van der Waals surface area contributed by atoms with Gasteiger partial charge in [0.05, 0.1) is 5.52 Å². The first kappa shape index (κ1) is 23.8. The van der Waals surface area contributed by atoms with E-state index < -0.39 is 0 Å². The minimum absolute atomic E-state index is 0.00533. The molecule has 0 spiro atoms. The topological polar surface area (TPSA) is 30.0 Å². The van der Waals surface area contributed by atoms with E-state index in [9.17, 15) is 4.79 Å². The molecule has 0 N–H and O–H groups in total. The number of hydrogen-bond acceptors (Lipinski definition) is 2. The van der Waals surface area contributed by atoms with Crippen molar-refractivity contribution in [1.29, 1.82) is 0 Å². The zero-order valence-corrected chi connectivity index (χ0v) is 19.1. The summed E-state index contributed by atoms with van der Waals surface area (Å²) in [5.41, 5.74) is 7.84. The molecule has 0 unspecified atom stereocenters. The highest BCUT2D eigenvalue weighted by Crippen LogP contribution is 2.15. The second-order valence-corrected chi connectivity index (χ2v) is 7.62. The number of fused-ring (bicyclic) bond motifs is 1. The summed E-state index contributed by atoms with van der Waals surface area (Å²) in [5.74, 6) is 0.00533. The summed E-state index contributed by atoms with van der Waals surface area (Å²) in [6.45, 7) is 13.8. The molecule has 1 heterocycles. The standard InChI is InChI=1S/C11H9NO.C10H12.C8H10/c1-8(13)10-7-6-9-4-2-3-5-11(9)12-10;1-8(2)10-7-5-4-6-9(10)3;1-7-5-3-4-6-8(7)2/h2-7H,1H3;4-7H,1H2,2-3H3;3-6H,1-2H3. The fourth-order valence-electron chi connectivity index (χ4n) is 2.98. The molecule has 1 aromatic heterocycles. The SMILES string of the molecule is C=C(C)c1ccccc1C.CC(=O)c1ccc2ccccc2n1.Cc1ccccc1C. The highest BCUT2D eigenvalue weighted by Gasteiger charge is 2.01. The van der Waals surface area contributed by atoms with Gasteiger partial charge in [-0.05, 0) is 62.1 Å². The van der Waals surface area contributed by atoms with Crippen molar-refractivity contribution in [2.24, 2.45) is 0 Å². The van der Waals surface area contributed by atoms with E-state index in [0.29, 0.717) is 5.69 Å². The summed E-state index contributed by atoms with van der Waals surface area (Å²) < 4.78 is 0. The van der Waals surface area contributed by atoms with Crippen molar-refractivity contribution in [2.45, 2.75) is 34.6 Å². The smallest absolute Gasteiger partial charge is 0.178 e. The van der Waals surface area contributed by atoms with Crippen molar-refractivity contribution < 1.29 is 4.79 Å². The molecule has 4 rings (SSSR count). The summed E-state index contributed by atoms with van der Waals surface area (Å²) in [6.07, 6.45) is 0. The Hall–Kier alpha value is -3.52. The van der Waals surface area contributed by atoms with Gasteiger partial charge >= 0.3 is 0 Å². The predicted octanol–water partition coefficient (Wildman–Crippen LogP) is 7.77. The number of allylic oxidation sites excluding steroid dienone is 1. The van der Waals surface area contributed by atoms with Gasteiger partial charge in [-0.2, -0.15) is 0 Å². The molecular formula is C29H31NO. The first-order valence-corrected chi connectivity index (χ1v) is 10.4. The largest absolute Gasteiger partial charge is 0.293 e. The minimum atomic E-state index is 0.00533. The molecule has 0 radical (unpaired) electrons. The van der Waals surface area contributed by atoms with Crippen LogP contribution in [0, 0.1) is 20.8 Å². The molecule has 0 aliphatic carbocycles. The van der Waals surface area contributed by atoms with Gasteiger partial charge in [-0.3, -0.25) is 4.79 Å². The van der Waals surface area contributed by atoms with Crippen molar-refractivity contribution in [3.8, 4) is 0 Å². The van der Waals surface area contributed by atoms with E-state index in [-0.39, 0.29) is 5.78 Å². The summed E-state index contributed by atoms with van der Waals surface area (Å²) in [7, 11) is 0. The van der Waals surface area contributed by atoms with Gasteiger partial charge in [0.1, 0.15) is 5.69 Å². The van der Waals surface area contributed by atoms with Crippen molar-refractivity contribution in [1.82, 2.24) is 4.98 Å². The van der Waals surface area contributed by atoms with Crippen LogP contribution in [0.1, 0.15) is 46.6 Å². The Bertz CT molecular complexity index is 1150. The molecular weight excluding hydrogens is 378 g/mol. The van der Waals surface area contributed by atoms with E-state index >= 15 is 0 Å². The van der Waals surface area contributed by atoms with E-state index in [2.05, 4.69) is 68.7 Å². The Morgan fingerprint density at radius 1 is 0.677 bits per heavy atom. The number of benzene rings is 3.